The van der Waals surface area contributed by atoms with Crippen molar-refractivity contribution in [3.8, 4) is 0 Å². The first-order valence-electron chi connectivity index (χ1n) is 3.29. The van der Waals surface area contributed by atoms with Crippen LogP contribution in [0, 0.1) is 0 Å². The first-order valence-corrected chi connectivity index (χ1v) is 3.29. The largest absolute Gasteiger partial charge is 0.373 e. The Morgan fingerprint density at radius 3 is 2.09 bits per heavy atom. The van der Waals surface area contributed by atoms with Gasteiger partial charge in [0.15, 0.2) is 0 Å². The van der Waals surface area contributed by atoms with Crippen molar-refractivity contribution in [2.24, 2.45) is 0 Å². The Balaban J connectivity index is 4.14. The number of rotatable bonds is 3. The molecule has 1 amide bonds. The molecule has 0 radical (unpaired) electrons. The molecule has 0 heterocycles. The predicted molar refractivity (Wildman–Crippen MR) is 40.2 cm³/mol. The summed E-state index contributed by atoms with van der Waals surface area (Å²) < 4.78 is 4.69. The lowest BCUT2D eigenvalue weighted by Gasteiger charge is -2.11. The molecule has 0 aliphatic heterocycles. The van der Waals surface area contributed by atoms with Gasteiger partial charge < -0.3 is 9.64 Å². The number of amides is 1. The second-order valence-electron chi connectivity index (χ2n) is 2.44. The summed E-state index contributed by atoms with van der Waals surface area (Å²) in [6, 6.07) is 0. The molecule has 0 fully saturated rings. The van der Waals surface area contributed by atoms with Crippen molar-refractivity contribution in [3.05, 3.63) is 0 Å². The van der Waals surface area contributed by atoms with E-state index in [4.69, 9.17) is 0 Å². The SMILES string of the molecule is COC(C)C(=O)C(=O)N(C)C. The van der Waals surface area contributed by atoms with Crippen molar-refractivity contribution < 1.29 is 14.3 Å². The van der Waals surface area contributed by atoms with E-state index in [0.29, 0.717) is 0 Å². The Labute approximate surface area is 66.1 Å². The van der Waals surface area contributed by atoms with E-state index in [1.165, 1.54) is 26.1 Å². The number of Topliss-reactive ketones (excluding diaryl/α,β-unsaturated/α-hetero) is 1. The summed E-state index contributed by atoms with van der Waals surface area (Å²) in [5.41, 5.74) is 0. The summed E-state index contributed by atoms with van der Waals surface area (Å²) in [5, 5.41) is 0. The van der Waals surface area contributed by atoms with E-state index in [0.717, 1.165) is 0 Å². The number of ether oxygens (including phenoxy) is 1. The fourth-order valence-corrected chi connectivity index (χ4v) is 0.501. The predicted octanol–water partition coefficient (Wildman–Crippen LogP) is -0.321. The molecule has 0 rings (SSSR count). The normalized spacial score (nSPS) is 12.4. The fraction of sp³-hybridized carbons (Fsp3) is 0.714. The Morgan fingerprint density at radius 1 is 1.36 bits per heavy atom. The van der Waals surface area contributed by atoms with Crippen molar-refractivity contribution in [1.29, 1.82) is 0 Å². The minimum atomic E-state index is -0.648. The highest BCUT2D eigenvalue weighted by Crippen LogP contribution is 1.92. The van der Waals surface area contributed by atoms with Gasteiger partial charge in [-0.2, -0.15) is 0 Å². The Hall–Kier alpha value is -0.900. The van der Waals surface area contributed by atoms with E-state index >= 15 is 0 Å². The van der Waals surface area contributed by atoms with Crippen LogP contribution in [-0.2, 0) is 14.3 Å². The molecular weight excluding hydrogens is 146 g/mol. The smallest absolute Gasteiger partial charge is 0.292 e. The number of likely N-dealkylation sites (N-methyl/N-ethyl adjacent to an activating group) is 1. The summed E-state index contributed by atoms with van der Waals surface area (Å²) in [6.45, 7) is 1.55. The number of hydrogen-bond donors (Lipinski definition) is 0. The van der Waals surface area contributed by atoms with Crippen molar-refractivity contribution in [2.45, 2.75) is 13.0 Å². The lowest BCUT2D eigenvalue weighted by Crippen LogP contribution is -2.36. The molecule has 1 unspecified atom stereocenters. The quantitative estimate of drug-likeness (QED) is 0.530. The molecular formula is C7H13NO3. The molecule has 0 aromatic rings. The minimum absolute atomic E-state index is 0.516. The van der Waals surface area contributed by atoms with Gasteiger partial charge in [-0.1, -0.05) is 0 Å². The molecule has 11 heavy (non-hydrogen) atoms. The van der Waals surface area contributed by atoms with Crippen LogP contribution in [0.1, 0.15) is 6.92 Å². The van der Waals surface area contributed by atoms with Gasteiger partial charge in [0.1, 0.15) is 6.10 Å². The molecule has 1 atom stereocenters. The van der Waals surface area contributed by atoms with E-state index in [1.807, 2.05) is 0 Å². The first kappa shape index (κ1) is 10.1. The van der Waals surface area contributed by atoms with E-state index in [1.54, 1.807) is 6.92 Å². The van der Waals surface area contributed by atoms with E-state index in [2.05, 4.69) is 4.74 Å². The summed E-state index contributed by atoms with van der Waals surface area (Å²) in [7, 11) is 4.46. The molecule has 4 heteroatoms. The van der Waals surface area contributed by atoms with Crippen molar-refractivity contribution in [3.63, 3.8) is 0 Å². The number of methoxy groups -OCH3 is 1. The molecule has 0 bridgehead atoms. The summed E-state index contributed by atoms with van der Waals surface area (Å²) in [6.07, 6.45) is -0.648. The third-order valence-electron chi connectivity index (χ3n) is 1.34. The van der Waals surface area contributed by atoms with Gasteiger partial charge in [0.25, 0.3) is 5.91 Å². The highest BCUT2D eigenvalue weighted by Gasteiger charge is 2.21. The molecule has 0 aromatic carbocycles. The van der Waals surface area contributed by atoms with Gasteiger partial charge in [-0.15, -0.1) is 0 Å². The maximum atomic E-state index is 11.0. The molecule has 0 saturated heterocycles. The number of carbonyl (C=O) groups is 2. The average molecular weight is 159 g/mol. The van der Waals surface area contributed by atoms with Gasteiger partial charge >= 0.3 is 0 Å². The molecule has 0 N–H and O–H groups in total. The van der Waals surface area contributed by atoms with Crippen LogP contribution in [0.3, 0.4) is 0 Å². The van der Waals surface area contributed by atoms with Gasteiger partial charge in [0, 0.05) is 21.2 Å². The van der Waals surface area contributed by atoms with E-state index < -0.39 is 17.8 Å². The van der Waals surface area contributed by atoms with Crippen molar-refractivity contribution >= 4 is 11.7 Å². The van der Waals surface area contributed by atoms with E-state index in [9.17, 15) is 9.59 Å². The molecule has 0 aliphatic rings. The van der Waals surface area contributed by atoms with Gasteiger partial charge in [0.2, 0.25) is 5.78 Å². The fourth-order valence-electron chi connectivity index (χ4n) is 0.501. The molecule has 0 aliphatic carbocycles. The Morgan fingerprint density at radius 2 is 1.82 bits per heavy atom. The molecule has 0 saturated carbocycles. The van der Waals surface area contributed by atoms with Crippen LogP contribution < -0.4 is 0 Å². The summed E-state index contributed by atoms with van der Waals surface area (Å²) in [5.74, 6) is -1.04. The van der Waals surface area contributed by atoms with Gasteiger partial charge in [0.05, 0.1) is 0 Å². The standard InChI is InChI=1S/C7H13NO3/c1-5(11-4)6(9)7(10)8(2)3/h5H,1-4H3. The maximum Gasteiger partial charge on any atom is 0.292 e. The van der Waals surface area contributed by atoms with Gasteiger partial charge in [-0.25, -0.2) is 0 Å². The molecule has 0 aromatic heterocycles. The highest BCUT2D eigenvalue weighted by atomic mass is 16.5. The topological polar surface area (TPSA) is 46.6 Å². The highest BCUT2D eigenvalue weighted by molar-refractivity contribution is 6.37. The van der Waals surface area contributed by atoms with E-state index in [-0.39, 0.29) is 0 Å². The lowest BCUT2D eigenvalue weighted by molar-refractivity contribution is -0.147. The molecule has 64 valence electrons. The van der Waals surface area contributed by atoms with Crippen LogP contribution in [0.2, 0.25) is 0 Å². The minimum Gasteiger partial charge on any atom is -0.373 e. The van der Waals surface area contributed by atoms with Crippen molar-refractivity contribution in [2.75, 3.05) is 21.2 Å². The Bertz CT molecular complexity index is 165. The van der Waals surface area contributed by atoms with Crippen LogP contribution in [0.5, 0.6) is 0 Å². The summed E-state index contributed by atoms with van der Waals surface area (Å²) in [4.78, 5) is 23.2. The first-order chi connectivity index (χ1) is 5.00. The number of hydrogen-bond acceptors (Lipinski definition) is 3. The molecule has 4 nitrogen and oxygen atoms in total. The van der Waals surface area contributed by atoms with Gasteiger partial charge in [-0.05, 0) is 6.92 Å². The second-order valence-corrected chi connectivity index (χ2v) is 2.44. The number of nitrogens with zero attached hydrogens (tertiary/aromatic N) is 1. The van der Waals surface area contributed by atoms with Crippen LogP contribution in [0.25, 0.3) is 0 Å². The third kappa shape index (κ3) is 2.67. The zero-order valence-corrected chi connectivity index (χ0v) is 7.25. The average Bonchev–Trinajstić information content (AvgIpc) is 2.00. The van der Waals surface area contributed by atoms with Crippen LogP contribution in [0.4, 0.5) is 0 Å². The molecule has 0 spiro atoms. The van der Waals surface area contributed by atoms with Gasteiger partial charge in [-0.3, -0.25) is 9.59 Å². The number of carbonyl (C=O) groups excluding carboxylic acids is 2. The zero-order chi connectivity index (χ0) is 9.02. The second kappa shape index (κ2) is 4.08. The van der Waals surface area contributed by atoms with Crippen LogP contribution >= 0.6 is 0 Å². The maximum absolute atomic E-state index is 11.0. The lowest BCUT2D eigenvalue weighted by atomic mass is 10.2. The zero-order valence-electron chi connectivity index (χ0n) is 7.25. The summed E-state index contributed by atoms with van der Waals surface area (Å²) >= 11 is 0. The van der Waals surface area contributed by atoms with Crippen LogP contribution in [-0.4, -0.2) is 43.9 Å². The monoisotopic (exact) mass is 159 g/mol. The number of ketones is 1. The Kier molecular flexibility index (Phi) is 3.74. The van der Waals surface area contributed by atoms with Crippen LogP contribution in [0.15, 0.2) is 0 Å². The van der Waals surface area contributed by atoms with Crippen molar-refractivity contribution in [1.82, 2.24) is 4.90 Å². The third-order valence-corrected chi connectivity index (χ3v) is 1.34.